The van der Waals surface area contributed by atoms with Gasteiger partial charge in [-0.25, -0.2) is 4.79 Å². The van der Waals surface area contributed by atoms with E-state index in [0.29, 0.717) is 13.1 Å². The molecular weight excluding hydrogens is 216 g/mol. The van der Waals surface area contributed by atoms with Gasteiger partial charge in [-0.2, -0.15) is 0 Å². The molecule has 100 valence electrons. The number of hydrogen-bond donors (Lipinski definition) is 1. The molecule has 4 heteroatoms. The summed E-state index contributed by atoms with van der Waals surface area (Å²) in [6.07, 6.45) is 3.05. The van der Waals surface area contributed by atoms with E-state index in [9.17, 15) is 4.79 Å². The van der Waals surface area contributed by atoms with Crippen molar-refractivity contribution >= 4 is 6.09 Å². The largest absolute Gasteiger partial charge is 0.444 e. The molecule has 2 N–H and O–H groups in total. The highest BCUT2D eigenvalue weighted by Crippen LogP contribution is 2.28. The van der Waals surface area contributed by atoms with Crippen molar-refractivity contribution < 1.29 is 9.53 Å². The Morgan fingerprint density at radius 3 is 2.59 bits per heavy atom. The molecule has 0 aromatic carbocycles. The van der Waals surface area contributed by atoms with Gasteiger partial charge in [0, 0.05) is 13.1 Å². The van der Waals surface area contributed by atoms with Gasteiger partial charge in [0.15, 0.2) is 0 Å². The van der Waals surface area contributed by atoms with Crippen LogP contribution in [0.1, 0.15) is 47.0 Å². The molecular formula is C13H26N2O2. The minimum atomic E-state index is -0.428. The predicted octanol–water partition coefficient (Wildman–Crippen LogP) is 2.37. The van der Waals surface area contributed by atoms with Gasteiger partial charge in [0.1, 0.15) is 5.60 Å². The van der Waals surface area contributed by atoms with E-state index in [1.54, 1.807) is 0 Å². The molecule has 1 amide bonds. The van der Waals surface area contributed by atoms with E-state index in [-0.39, 0.29) is 11.5 Å². The zero-order chi connectivity index (χ0) is 13.1. The first kappa shape index (κ1) is 14.3. The van der Waals surface area contributed by atoms with E-state index in [1.807, 2.05) is 25.7 Å². The first-order chi connectivity index (χ1) is 7.76. The van der Waals surface area contributed by atoms with Crippen molar-refractivity contribution in [3.8, 4) is 0 Å². The lowest BCUT2D eigenvalue weighted by Crippen LogP contribution is -2.44. The zero-order valence-corrected chi connectivity index (χ0v) is 11.6. The second-order valence-corrected chi connectivity index (χ2v) is 6.37. The number of rotatable bonds is 1. The Balaban J connectivity index is 2.66. The highest BCUT2D eigenvalue weighted by molar-refractivity contribution is 5.68. The summed E-state index contributed by atoms with van der Waals surface area (Å²) in [7, 11) is 0. The van der Waals surface area contributed by atoms with Crippen molar-refractivity contribution in [2.75, 3.05) is 19.6 Å². The molecule has 0 aromatic heterocycles. The molecule has 1 aliphatic heterocycles. The summed E-state index contributed by atoms with van der Waals surface area (Å²) in [6.45, 7) is 9.94. The smallest absolute Gasteiger partial charge is 0.410 e. The van der Waals surface area contributed by atoms with Crippen molar-refractivity contribution in [2.24, 2.45) is 11.1 Å². The molecule has 0 aliphatic carbocycles. The molecule has 0 bridgehead atoms. The van der Waals surface area contributed by atoms with Crippen LogP contribution in [0.5, 0.6) is 0 Å². The number of ether oxygens (including phenoxy) is 1. The van der Waals surface area contributed by atoms with Crippen LogP contribution in [-0.2, 0) is 4.74 Å². The maximum atomic E-state index is 12.0. The van der Waals surface area contributed by atoms with E-state index >= 15 is 0 Å². The van der Waals surface area contributed by atoms with E-state index in [1.165, 1.54) is 0 Å². The summed E-state index contributed by atoms with van der Waals surface area (Å²) in [5.41, 5.74) is 5.42. The minimum absolute atomic E-state index is 0.0351. The number of likely N-dealkylation sites (tertiary alicyclic amines) is 1. The van der Waals surface area contributed by atoms with Crippen molar-refractivity contribution in [1.82, 2.24) is 4.90 Å². The lowest BCUT2D eigenvalue weighted by atomic mass is 9.86. The summed E-state index contributed by atoms with van der Waals surface area (Å²) in [5.74, 6) is 0. The maximum Gasteiger partial charge on any atom is 0.410 e. The van der Waals surface area contributed by atoms with E-state index in [0.717, 1.165) is 25.8 Å². The number of carbonyl (C=O) groups is 1. The molecule has 1 saturated heterocycles. The van der Waals surface area contributed by atoms with Crippen LogP contribution >= 0.6 is 0 Å². The zero-order valence-electron chi connectivity index (χ0n) is 11.6. The SMILES string of the molecule is CC1(CN)CCCCN(C(=O)OC(C)(C)C)C1. The second kappa shape index (κ2) is 5.25. The molecule has 1 heterocycles. The molecule has 0 spiro atoms. The van der Waals surface area contributed by atoms with Crippen LogP contribution in [0.4, 0.5) is 4.79 Å². The Morgan fingerprint density at radius 1 is 1.41 bits per heavy atom. The summed E-state index contributed by atoms with van der Waals surface area (Å²) in [4.78, 5) is 13.8. The van der Waals surface area contributed by atoms with Crippen LogP contribution in [0.2, 0.25) is 0 Å². The van der Waals surface area contributed by atoms with Gasteiger partial charge in [-0.05, 0) is 45.6 Å². The highest BCUT2D eigenvalue weighted by atomic mass is 16.6. The van der Waals surface area contributed by atoms with Crippen LogP contribution in [0.15, 0.2) is 0 Å². The Labute approximate surface area is 104 Å². The first-order valence-electron chi connectivity index (χ1n) is 6.44. The average molecular weight is 242 g/mol. The topological polar surface area (TPSA) is 55.6 Å². The van der Waals surface area contributed by atoms with Gasteiger partial charge < -0.3 is 15.4 Å². The minimum Gasteiger partial charge on any atom is -0.444 e. The maximum absolute atomic E-state index is 12.0. The molecule has 17 heavy (non-hydrogen) atoms. The number of nitrogens with zero attached hydrogens (tertiary/aromatic N) is 1. The summed E-state index contributed by atoms with van der Waals surface area (Å²) >= 11 is 0. The van der Waals surface area contributed by atoms with Crippen LogP contribution in [0.25, 0.3) is 0 Å². The third kappa shape index (κ3) is 4.54. The van der Waals surface area contributed by atoms with Crippen molar-refractivity contribution in [1.29, 1.82) is 0 Å². The Kier molecular flexibility index (Phi) is 4.42. The van der Waals surface area contributed by atoms with Gasteiger partial charge in [0.05, 0.1) is 0 Å². The highest BCUT2D eigenvalue weighted by Gasteiger charge is 2.32. The molecule has 0 radical (unpaired) electrons. The normalized spacial score (nSPS) is 26.5. The van der Waals surface area contributed by atoms with E-state index in [4.69, 9.17) is 10.5 Å². The molecule has 1 fully saturated rings. The van der Waals surface area contributed by atoms with Crippen LogP contribution in [0, 0.1) is 5.41 Å². The van der Waals surface area contributed by atoms with E-state index < -0.39 is 5.60 Å². The number of nitrogens with two attached hydrogens (primary N) is 1. The summed E-state index contributed by atoms with van der Waals surface area (Å²) < 4.78 is 5.42. The Bertz CT molecular complexity index is 273. The molecule has 4 nitrogen and oxygen atoms in total. The number of carbonyl (C=O) groups excluding carboxylic acids is 1. The molecule has 0 saturated carbocycles. The van der Waals surface area contributed by atoms with Crippen molar-refractivity contribution in [3.05, 3.63) is 0 Å². The monoisotopic (exact) mass is 242 g/mol. The fourth-order valence-electron chi connectivity index (χ4n) is 2.12. The summed E-state index contributed by atoms with van der Waals surface area (Å²) in [6, 6.07) is 0. The van der Waals surface area contributed by atoms with Gasteiger partial charge in [-0.3, -0.25) is 0 Å². The number of amides is 1. The number of hydrogen-bond acceptors (Lipinski definition) is 3. The van der Waals surface area contributed by atoms with Gasteiger partial charge >= 0.3 is 6.09 Å². The van der Waals surface area contributed by atoms with E-state index in [2.05, 4.69) is 6.92 Å². The third-order valence-corrected chi connectivity index (χ3v) is 3.18. The predicted molar refractivity (Wildman–Crippen MR) is 68.8 cm³/mol. The lowest BCUT2D eigenvalue weighted by molar-refractivity contribution is 0.0195. The molecule has 1 aliphatic rings. The fraction of sp³-hybridized carbons (Fsp3) is 0.923. The Hall–Kier alpha value is -0.770. The van der Waals surface area contributed by atoms with Crippen LogP contribution in [0.3, 0.4) is 0 Å². The lowest BCUT2D eigenvalue weighted by Gasteiger charge is -2.33. The molecule has 0 aromatic rings. The van der Waals surface area contributed by atoms with Crippen LogP contribution < -0.4 is 5.73 Å². The van der Waals surface area contributed by atoms with Crippen molar-refractivity contribution in [3.63, 3.8) is 0 Å². The van der Waals surface area contributed by atoms with Gasteiger partial charge in [-0.1, -0.05) is 13.3 Å². The van der Waals surface area contributed by atoms with Gasteiger partial charge in [0.2, 0.25) is 0 Å². The average Bonchev–Trinajstić information content (AvgIpc) is 2.39. The molecule has 1 atom stereocenters. The fourth-order valence-corrected chi connectivity index (χ4v) is 2.12. The van der Waals surface area contributed by atoms with Gasteiger partial charge in [0.25, 0.3) is 0 Å². The second-order valence-electron chi connectivity index (χ2n) is 6.37. The Morgan fingerprint density at radius 2 is 2.06 bits per heavy atom. The third-order valence-electron chi connectivity index (χ3n) is 3.18. The van der Waals surface area contributed by atoms with Gasteiger partial charge in [-0.15, -0.1) is 0 Å². The molecule has 1 rings (SSSR count). The first-order valence-corrected chi connectivity index (χ1v) is 6.44. The molecule has 1 unspecified atom stereocenters. The van der Waals surface area contributed by atoms with Crippen molar-refractivity contribution in [2.45, 2.75) is 52.6 Å². The standard InChI is InChI=1S/C13H26N2O2/c1-12(2,3)17-11(16)15-8-6-5-7-13(4,9-14)10-15/h5-10,14H2,1-4H3. The quantitative estimate of drug-likeness (QED) is 0.768. The summed E-state index contributed by atoms with van der Waals surface area (Å²) in [5, 5.41) is 0. The van der Waals surface area contributed by atoms with Crippen LogP contribution in [-0.4, -0.2) is 36.2 Å².